The molecule has 5 heteroatoms. The van der Waals surface area contributed by atoms with Crippen molar-refractivity contribution in [3.8, 4) is 0 Å². The molecule has 1 aromatic carbocycles. The van der Waals surface area contributed by atoms with Crippen LogP contribution in [0.2, 0.25) is 0 Å². The molecule has 2 aliphatic carbocycles. The summed E-state index contributed by atoms with van der Waals surface area (Å²) in [5, 5.41) is 19.6. The molecule has 4 atom stereocenters. The zero-order valence-corrected chi connectivity index (χ0v) is 8.45. The van der Waals surface area contributed by atoms with Crippen LogP contribution < -0.4 is 0 Å². The first-order valence-electron chi connectivity index (χ1n) is 5.26. The van der Waals surface area contributed by atoms with Gasteiger partial charge >= 0.3 is 0 Å². The first-order valence-corrected chi connectivity index (χ1v) is 5.26. The Kier molecular flexibility index (Phi) is 1.91. The van der Waals surface area contributed by atoms with Gasteiger partial charge in [-0.25, -0.2) is 0 Å². The van der Waals surface area contributed by atoms with Crippen LogP contribution in [0.1, 0.15) is 29.4 Å². The molecule has 1 saturated carbocycles. The van der Waals surface area contributed by atoms with Crippen molar-refractivity contribution in [2.24, 2.45) is 0 Å². The fraction of sp³-hybridized carbons (Fsp3) is 0.455. The average molecular weight is 221 g/mol. The van der Waals surface area contributed by atoms with Crippen LogP contribution in [-0.4, -0.2) is 22.4 Å². The molecule has 2 aliphatic rings. The Bertz CT molecular complexity index is 447. The van der Waals surface area contributed by atoms with Gasteiger partial charge in [0.2, 0.25) is 0 Å². The second-order valence-corrected chi connectivity index (χ2v) is 4.35. The fourth-order valence-corrected chi connectivity index (χ4v) is 3.07. The minimum Gasteiger partial charge on any atom is -0.392 e. The third kappa shape index (κ3) is 1.15. The monoisotopic (exact) mass is 221 g/mol. The Morgan fingerprint density at radius 2 is 2.06 bits per heavy atom. The second-order valence-electron chi connectivity index (χ2n) is 4.35. The molecule has 1 aromatic rings. The number of aliphatic hydroxyl groups is 1. The van der Waals surface area contributed by atoms with Gasteiger partial charge in [0.25, 0.3) is 5.09 Å². The van der Waals surface area contributed by atoms with Crippen molar-refractivity contribution < 1.29 is 15.0 Å². The molecule has 0 saturated heterocycles. The topological polar surface area (TPSA) is 72.6 Å². The zero-order chi connectivity index (χ0) is 11.3. The van der Waals surface area contributed by atoms with E-state index in [2.05, 4.69) is 4.84 Å². The number of aliphatic hydroxyl groups excluding tert-OH is 1. The van der Waals surface area contributed by atoms with E-state index in [0.29, 0.717) is 6.42 Å². The number of nitrogens with zero attached hydrogens (tertiary/aromatic N) is 1. The lowest BCUT2D eigenvalue weighted by Gasteiger charge is -2.21. The smallest absolute Gasteiger partial charge is 0.294 e. The third-order valence-electron chi connectivity index (χ3n) is 3.64. The number of fused-ring (bicyclic) bond motifs is 5. The van der Waals surface area contributed by atoms with Crippen molar-refractivity contribution in [3.05, 3.63) is 45.5 Å². The van der Waals surface area contributed by atoms with Crippen LogP contribution >= 0.6 is 0 Å². The Hall–Kier alpha value is -1.62. The number of rotatable bonds is 2. The van der Waals surface area contributed by atoms with E-state index in [1.807, 2.05) is 24.3 Å². The molecule has 0 aromatic heterocycles. The van der Waals surface area contributed by atoms with Crippen LogP contribution in [-0.2, 0) is 4.84 Å². The lowest BCUT2D eigenvalue weighted by molar-refractivity contribution is -0.769. The number of benzene rings is 1. The van der Waals surface area contributed by atoms with E-state index in [9.17, 15) is 15.2 Å². The van der Waals surface area contributed by atoms with E-state index in [-0.39, 0.29) is 11.8 Å². The van der Waals surface area contributed by atoms with Crippen molar-refractivity contribution in [1.82, 2.24) is 0 Å². The van der Waals surface area contributed by atoms with Crippen molar-refractivity contribution in [2.45, 2.75) is 30.5 Å². The second kappa shape index (κ2) is 3.18. The highest BCUT2D eigenvalue weighted by molar-refractivity contribution is 5.44. The standard InChI is InChI=1S/C11H11NO4/c13-11-8-5-9(16-12(14)15)10(11)7-4-2-1-3-6(7)8/h1-4,8-11,13H,5H2/t8?,9-,10?,11+/m0/s1. The summed E-state index contributed by atoms with van der Waals surface area (Å²) >= 11 is 0. The molecule has 5 nitrogen and oxygen atoms in total. The summed E-state index contributed by atoms with van der Waals surface area (Å²) in [4.78, 5) is 15.0. The minimum absolute atomic E-state index is 0.00819. The fourth-order valence-electron chi connectivity index (χ4n) is 3.07. The molecule has 84 valence electrons. The van der Waals surface area contributed by atoms with Gasteiger partial charge in [-0.2, -0.15) is 0 Å². The van der Waals surface area contributed by atoms with E-state index < -0.39 is 17.3 Å². The maximum absolute atomic E-state index is 10.4. The summed E-state index contributed by atoms with van der Waals surface area (Å²) < 4.78 is 0. The van der Waals surface area contributed by atoms with E-state index in [1.165, 1.54) is 0 Å². The van der Waals surface area contributed by atoms with Gasteiger partial charge in [-0.05, 0) is 17.5 Å². The van der Waals surface area contributed by atoms with Gasteiger partial charge in [0.05, 0.1) is 6.10 Å². The molecule has 0 radical (unpaired) electrons. The Balaban J connectivity index is 1.97. The molecule has 3 rings (SSSR count). The van der Waals surface area contributed by atoms with Gasteiger partial charge in [-0.1, -0.05) is 24.3 Å². The summed E-state index contributed by atoms with van der Waals surface area (Å²) in [5.41, 5.74) is 2.11. The molecule has 0 spiro atoms. The molecular formula is C11H11NO4. The van der Waals surface area contributed by atoms with Gasteiger partial charge in [0, 0.05) is 11.8 Å². The van der Waals surface area contributed by atoms with E-state index in [1.54, 1.807) is 0 Å². The molecule has 1 N–H and O–H groups in total. The first-order chi connectivity index (χ1) is 7.68. The predicted molar refractivity (Wildman–Crippen MR) is 54.4 cm³/mol. The Morgan fingerprint density at radius 3 is 2.75 bits per heavy atom. The van der Waals surface area contributed by atoms with Crippen molar-refractivity contribution in [1.29, 1.82) is 0 Å². The molecule has 2 unspecified atom stereocenters. The highest BCUT2D eigenvalue weighted by Gasteiger charge is 2.52. The van der Waals surface area contributed by atoms with Crippen LogP contribution in [0.15, 0.2) is 24.3 Å². The molecule has 0 aliphatic heterocycles. The van der Waals surface area contributed by atoms with Gasteiger partial charge in [-0.15, -0.1) is 10.1 Å². The third-order valence-corrected chi connectivity index (χ3v) is 3.64. The lowest BCUT2D eigenvalue weighted by Crippen LogP contribution is -2.24. The predicted octanol–water partition coefficient (Wildman–Crippen LogP) is 1.21. The number of hydrogen-bond acceptors (Lipinski definition) is 4. The molecule has 0 amide bonds. The maximum atomic E-state index is 10.4. The molecule has 16 heavy (non-hydrogen) atoms. The van der Waals surface area contributed by atoms with Crippen LogP contribution in [0.5, 0.6) is 0 Å². The van der Waals surface area contributed by atoms with Gasteiger partial charge < -0.3 is 9.94 Å². The highest BCUT2D eigenvalue weighted by Crippen LogP contribution is 2.53. The Morgan fingerprint density at radius 1 is 1.38 bits per heavy atom. The van der Waals surface area contributed by atoms with E-state index in [4.69, 9.17) is 0 Å². The summed E-state index contributed by atoms with van der Waals surface area (Å²) in [6.45, 7) is 0. The van der Waals surface area contributed by atoms with E-state index in [0.717, 1.165) is 11.1 Å². The molecule has 2 bridgehead atoms. The Labute approximate surface area is 91.8 Å². The quantitative estimate of drug-likeness (QED) is 0.601. The van der Waals surface area contributed by atoms with Gasteiger partial charge in [-0.3, -0.25) is 0 Å². The highest BCUT2D eigenvalue weighted by atomic mass is 17.0. The summed E-state index contributed by atoms with van der Waals surface area (Å²) in [6, 6.07) is 7.70. The van der Waals surface area contributed by atoms with Gasteiger partial charge in [0.1, 0.15) is 6.10 Å². The molecular weight excluding hydrogens is 210 g/mol. The summed E-state index contributed by atoms with van der Waals surface area (Å²) in [6.07, 6.45) is -0.503. The van der Waals surface area contributed by atoms with Crippen LogP contribution in [0, 0.1) is 10.1 Å². The SMILES string of the molecule is O=[N+]([O-])O[C@H]1CC2c3ccccc3C1[C@@H]2O. The largest absolute Gasteiger partial charge is 0.392 e. The summed E-state index contributed by atoms with van der Waals surface area (Å²) in [5.74, 6) is -0.252. The zero-order valence-electron chi connectivity index (χ0n) is 8.45. The molecule has 0 heterocycles. The van der Waals surface area contributed by atoms with Crippen molar-refractivity contribution >= 4 is 0 Å². The van der Waals surface area contributed by atoms with Gasteiger partial charge in [0.15, 0.2) is 0 Å². The summed E-state index contributed by atoms with van der Waals surface area (Å²) in [7, 11) is 0. The maximum Gasteiger partial charge on any atom is 0.294 e. The minimum atomic E-state index is -0.763. The van der Waals surface area contributed by atoms with Crippen molar-refractivity contribution in [2.75, 3.05) is 0 Å². The lowest BCUT2D eigenvalue weighted by atomic mass is 9.90. The van der Waals surface area contributed by atoms with Crippen LogP contribution in [0.25, 0.3) is 0 Å². The van der Waals surface area contributed by atoms with Crippen LogP contribution in [0.3, 0.4) is 0 Å². The number of hydrogen-bond donors (Lipinski definition) is 1. The molecule has 1 fully saturated rings. The first kappa shape index (κ1) is 9.59. The van der Waals surface area contributed by atoms with Crippen molar-refractivity contribution in [3.63, 3.8) is 0 Å². The van der Waals surface area contributed by atoms with Crippen LogP contribution in [0.4, 0.5) is 0 Å². The average Bonchev–Trinajstić information content (AvgIpc) is 2.69. The normalized spacial score (nSPS) is 34.8. The van der Waals surface area contributed by atoms with E-state index >= 15 is 0 Å².